The summed E-state index contributed by atoms with van der Waals surface area (Å²) >= 11 is 1.72. The molecular formula is C16H16N4OS. The number of hydrogen-bond acceptors (Lipinski definition) is 6. The Morgan fingerprint density at radius 1 is 1.23 bits per heavy atom. The molecule has 0 atom stereocenters. The van der Waals surface area contributed by atoms with E-state index in [1.54, 1.807) is 18.4 Å². The Morgan fingerprint density at radius 3 is 3.00 bits per heavy atom. The van der Waals surface area contributed by atoms with E-state index in [0.717, 1.165) is 47.8 Å². The van der Waals surface area contributed by atoms with Crippen molar-refractivity contribution in [1.29, 1.82) is 0 Å². The summed E-state index contributed by atoms with van der Waals surface area (Å²) in [7, 11) is 1.66. The van der Waals surface area contributed by atoms with Gasteiger partial charge in [0.25, 0.3) is 0 Å². The van der Waals surface area contributed by atoms with Gasteiger partial charge in [0, 0.05) is 23.9 Å². The van der Waals surface area contributed by atoms with Crippen LogP contribution in [0.5, 0.6) is 5.75 Å². The molecule has 0 radical (unpaired) electrons. The van der Waals surface area contributed by atoms with E-state index in [1.165, 1.54) is 10.6 Å². The number of benzene rings is 1. The lowest BCUT2D eigenvalue weighted by Gasteiger charge is -2.28. The highest BCUT2D eigenvalue weighted by molar-refractivity contribution is 7.09. The number of aryl methyl sites for hydroxylation is 1. The lowest BCUT2D eigenvalue weighted by atomic mass is 10.1. The Morgan fingerprint density at radius 2 is 2.14 bits per heavy atom. The first kappa shape index (κ1) is 13.5. The molecule has 22 heavy (non-hydrogen) atoms. The van der Waals surface area contributed by atoms with E-state index in [4.69, 9.17) is 14.7 Å². The van der Waals surface area contributed by atoms with Crippen LogP contribution in [0.15, 0.2) is 23.7 Å². The van der Waals surface area contributed by atoms with Crippen molar-refractivity contribution in [3.8, 4) is 5.75 Å². The zero-order valence-corrected chi connectivity index (χ0v) is 13.4. The number of ether oxygens (including phenoxy) is 1. The summed E-state index contributed by atoms with van der Waals surface area (Å²) in [5, 5.41) is 0. The molecule has 0 spiro atoms. The van der Waals surface area contributed by atoms with Crippen LogP contribution in [0.1, 0.15) is 16.3 Å². The molecule has 3 heterocycles. The van der Waals surface area contributed by atoms with Gasteiger partial charge in [0.2, 0.25) is 0 Å². The van der Waals surface area contributed by atoms with E-state index in [9.17, 15) is 0 Å². The molecule has 6 heteroatoms. The highest BCUT2D eigenvalue weighted by Gasteiger charge is 2.21. The first-order valence-corrected chi connectivity index (χ1v) is 8.11. The van der Waals surface area contributed by atoms with Crippen LogP contribution in [0, 0.1) is 6.92 Å². The SMILES string of the molecule is COc1ccc2nc(N3CCc4ncsc4C3)c(C)nc2c1. The molecule has 0 saturated heterocycles. The fourth-order valence-electron chi connectivity index (χ4n) is 2.84. The quantitative estimate of drug-likeness (QED) is 0.728. The smallest absolute Gasteiger partial charge is 0.151 e. The lowest BCUT2D eigenvalue weighted by Crippen LogP contribution is -2.31. The second-order valence-corrected chi connectivity index (χ2v) is 6.32. The van der Waals surface area contributed by atoms with E-state index in [1.807, 2.05) is 30.6 Å². The normalized spacial score (nSPS) is 14.2. The number of thiazole rings is 1. The Labute approximate surface area is 132 Å². The number of nitrogens with zero attached hydrogens (tertiary/aromatic N) is 4. The van der Waals surface area contributed by atoms with E-state index >= 15 is 0 Å². The van der Waals surface area contributed by atoms with Crippen molar-refractivity contribution in [2.45, 2.75) is 19.9 Å². The Hall–Kier alpha value is -2.21. The van der Waals surface area contributed by atoms with Crippen LogP contribution >= 0.6 is 11.3 Å². The maximum absolute atomic E-state index is 5.26. The lowest BCUT2D eigenvalue weighted by molar-refractivity contribution is 0.415. The van der Waals surface area contributed by atoms with Gasteiger partial charge >= 0.3 is 0 Å². The summed E-state index contributed by atoms with van der Waals surface area (Å²) in [5.41, 5.74) is 5.89. The second-order valence-electron chi connectivity index (χ2n) is 5.38. The summed E-state index contributed by atoms with van der Waals surface area (Å²) < 4.78 is 5.26. The van der Waals surface area contributed by atoms with Gasteiger partial charge in [0.1, 0.15) is 5.75 Å². The predicted molar refractivity (Wildman–Crippen MR) is 87.7 cm³/mol. The predicted octanol–water partition coefficient (Wildman–Crippen LogP) is 2.97. The molecule has 0 fully saturated rings. The zero-order chi connectivity index (χ0) is 15.1. The molecule has 112 valence electrons. The van der Waals surface area contributed by atoms with Crippen LogP contribution < -0.4 is 9.64 Å². The molecule has 0 unspecified atom stereocenters. The number of anilines is 1. The van der Waals surface area contributed by atoms with E-state index in [2.05, 4.69) is 9.88 Å². The maximum Gasteiger partial charge on any atom is 0.151 e. The minimum atomic E-state index is 0.807. The van der Waals surface area contributed by atoms with Gasteiger partial charge in [-0.1, -0.05) is 0 Å². The number of methoxy groups -OCH3 is 1. The summed E-state index contributed by atoms with van der Waals surface area (Å²) in [5.74, 6) is 1.78. The molecule has 0 N–H and O–H groups in total. The average molecular weight is 312 g/mol. The Balaban J connectivity index is 1.74. The summed E-state index contributed by atoms with van der Waals surface area (Å²) in [6, 6.07) is 5.82. The van der Waals surface area contributed by atoms with Gasteiger partial charge in [-0.15, -0.1) is 11.3 Å². The molecule has 1 aromatic carbocycles. The number of hydrogen-bond donors (Lipinski definition) is 0. The first-order chi connectivity index (χ1) is 10.7. The van der Waals surface area contributed by atoms with Gasteiger partial charge in [-0.05, 0) is 19.1 Å². The van der Waals surface area contributed by atoms with Gasteiger partial charge in [-0.2, -0.15) is 0 Å². The minimum absolute atomic E-state index is 0.807. The highest BCUT2D eigenvalue weighted by atomic mass is 32.1. The van der Waals surface area contributed by atoms with Crippen molar-refractivity contribution in [1.82, 2.24) is 15.0 Å². The first-order valence-electron chi connectivity index (χ1n) is 7.23. The summed E-state index contributed by atoms with van der Waals surface area (Å²) in [4.78, 5) is 17.6. The molecule has 0 bridgehead atoms. The van der Waals surface area contributed by atoms with E-state index < -0.39 is 0 Å². The van der Waals surface area contributed by atoms with E-state index in [-0.39, 0.29) is 0 Å². The van der Waals surface area contributed by atoms with Crippen LogP contribution in [-0.2, 0) is 13.0 Å². The minimum Gasteiger partial charge on any atom is -0.497 e. The molecule has 0 amide bonds. The monoisotopic (exact) mass is 312 g/mol. The fourth-order valence-corrected chi connectivity index (χ4v) is 3.67. The third-order valence-electron chi connectivity index (χ3n) is 4.00. The third kappa shape index (κ3) is 2.20. The van der Waals surface area contributed by atoms with Gasteiger partial charge in [-0.25, -0.2) is 15.0 Å². The van der Waals surface area contributed by atoms with Crippen molar-refractivity contribution in [3.05, 3.63) is 40.0 Å². The number of rotatable bonds is 2. The average Bonchev–Trinajstić information content (AvgIpc) is 3.01. The van der Waals surface area contributed by atoms with Crippen molar-refractivity contribution in [2.75, 3.05) is 18.6 Å². The van der Waals surface area contributed by atoms with Gasteiger partial charge < -0.3 is 9.64 Å². The maximum atomic E-state index is 5.26. The zero-order valence-electron chi connectivity index (χ0n) is 12.5. The fraction of sp³-hybridized carbons (Fsp3) is 0.312. The molecule has 1 aliphatic heterocycles. The Kier molecular flexibility index (Phi) is 3.18. The van der Waals surface area contributed by atoms with Crippen molar-refractivity contribution in [2.24, 2.45) is 0 Å². The van der Waals surface area contributed by atoms with Crippen LogP contribution in [0.3, 0.4) is 0 Å². The van der Waals surface area contributed by atoms with Gasteiger partial charge in [0.15, 0.2) is 5.82 Å². The molecule has 3 aromatic rings. The molecule has 0 saturated carbocycles. The van der Waals surface area contributed by atoms with Crippen LogP contribution in [0.4, 0.5) is 5.82 Å². The van der Waals surface area contributed by atoms with Crippen molar-refractivity contribution < 1.29 is 4.74 Å². The Bertz CT molecular complexity index is 845. The van der Waals surface area contributed by atoms with Crippen molar-refractivity contribution >= 4 is 28.2 Å². The van der Waals surface area contributed by atoms with E-state index in [0.29, 0.717) is 0 Å². The highest BCUT2D eigenvalue weighted by Crippen LogP contribution is 2.28. The molecule has 5 nitrogen and oxygen atoms in total. The standard InChI is InChI=1S/C16H16N4OS/c1-10-16(20-6-5-13-15(8-20)22-9-17-13)19-12-4-3-11(21-2)7-14(12)18-10/h3-4,7,9H,5-6,8H2,1-2H3. The largest absolute Gasteiger partial charge is 0.497 e. The number of fused-ring (bicyclic) bond motifs is 2. The van der Waals surface area contributed by atoms with Crippen LogP contribution in [0.2, 0.25) is 0 Å². The van der Waals surface area contributed by atoms with Crippen LogP contribution in [0.25, 0.3) is 11.0 Å². The van der Waals surface area contributed by atoms with Crippen molar-refractivity contribution in [3.63, 3.8) is 0 Å². The summed E-state index contributed by atoms with van der Waals surface area (Å²) in [6.07, 6.45) is 0.973. The summed E-state index contributed by atoms with van der Waals surface area (Å²) in [6.45, 7) is 3.83. The molecule has 2 aromatic heterocycles. The number of aromatic nitrogens is 3. The molecular weight excluding hydrogens is 296 g/mol. The third-order valence-corrected chi connectivity index (χ3v) is 4.86. The topological polar surface area (TPSA) is 51.1 Å². The van der Waals surface area contributed by atoms with Crippen LogP contribution in [-0.4, -0.2) is 28.6 Å². The molecule has 0 aliphatic carbocycles. The van der Waals surface area contributed by atoms with Gasteiger partial charge in [0.05, 0.1) is 41.6 Å². The second kappa shape index (κ2) is 5.21. The molecule has 1 aliphatic rings. The van der Waals surface area contributed by atoms with Gasteiger partial charge in [-0.3, -0.25) is 0 Å². The molecule has 4 rings (SSSR count).